The summed E-state index contributed by atoms with van der Waals surface area (Å²) in [7, 11) is 0. The molecule has 0 heterocycles. The summed E-state index contributed by atoms with van der Waals surface area (Å²) in [4.78, 5) is 12.1. The molecule has 110 valence electrons. The zero-order chi connectivity index (χ0) is 15.7. The first kappa shape index (κ1) is 15.7. The zero-order valence-corrected chi connectivity index (χ0v) is 13.1. The normalized spacial score (nSPS) is 10.5. The van der Waals surface area contributed by atoms with E-state index >= 15 is 0 Å². The van der Waals surface area contributed by atoms with Crippen LogP contribution in [0.1, 0.15) is 15.9 Å². The van der Waals surface area contributed by atoms with E-state index in [4.69, 9.17) is 17.3 Å². The van der Waals surface area contributed by atoms with Gasteiger partial charge in [0.25, 0.3) is 5.91 Å². The van der Waals surface area contributed by atoms with Gasteiger partial charge in [0.15, 0.2) is 0 Å². The maximum Gasteiger partial charge on any atom is 0.258 e. The van der Waals surface area contributed by atoms with Crippen molar-refractivity contribution in [3.8, 4) is 0 Å². The van der Waals surface area contributed by atoms with Gasteiger partial charge in [-0.3, -0.25) is 4.79 Å². The molecule has 3 N–H and O–H groups in total. The van der Waals surface area contributed by atoms with Crippen molar-refractivity contribution in [2.45, 2.75) is 6.92 Å². The van der Waals surface area contributed by atoms with Crippen LogP contribution >= 0.6 is 27.5 Å². The lowest BCUT2D eigenvalue weighted by molar-refractivity contribution is 0.102. The molecule has 0 aliphatic carbocycles. The van der Waals surface area contributed by atoms with Gasteiger partial charge in [-0.1, -0.05) is 11.6 Å². The number of hydrogen-bond acceptors (Lipinski definition) is 2. The van der Waals surface area contributed by atoms with E-state index in [1.807, 2.05) is 0 Å². The van der Waals surface area contributed by atoms with Gasteiger partial charge in [-0.25, -0.2) is 8.78 Å². The highest BCUT2D eigenvalue weighted by molar-refractivity contribution is 9.10. The molecule has 3 nitrogen and oxygen atoms in total. The lowest BCUT2D eigenvalue weighted by atomic mass is 10.1. The number of benzene rings is 2. The Hall–Kier alpha value is -1.66. The van der Waals surface area contributed by atoms with Crippen LogP contribution in [0.15, 0.2) is 28.7 Å². The molecule has 2 aromatic rings. The average molecular weight is 376 g/mol. The molecular weight excluding hydrogens is 366 g/mol. The number of anilines is 2. The number of carbonyl (C=O) groups is 1. The van der Waals surface area contributed by atoms with Crippen LogP contribution in [-0.4, -0.2) is 5.91 Å². The van der Waals surface area contributed by atoms with Crippen molar-refractivity contribution < 1.29 is 13.6 Å². The second kappa shape index (κ2) is 5.99. The molecule has 0 saturated heterocycles. The molecule has 1 amide bonds. The lowest BCUT2D eigenvalue weighted by Gasteiger charge is -2.10. The minimum atomic E-state index is -0.992. The van der Waals surface area contributed by atoms with Crippen molar-refractivity contribution in [2.75, 3.05) is 11.1 Å². The smallest absolute Gasteiger partial charge is 0.258 e. The molecule has 0 spiro atoms. The minimum absolute atomic E-state index is 0.303. The number of rotatable bonds is 2. The Morgan fingerprint density at radius 1 is 1.24 bits per heavy atom. The van der Waals surface area contributed by atoms with Crippen LogP contribution in [0.4, 0.5) is 20.2 Å². The molecular formula is C14H10BrClF2N2O. The molecule has 0 aliphatic rings. The van der Waals surface area contributed by atoms with Crippen molar-refractivity contribution in [3.05, 3.63) is 56.5 Å². The fraction of sp³-hybridized carbons (Fsp3) is 0.0714. The molecule has 2 aromatic carbocycles. The summed E-state index contributed by atoms with van der Waals surface area (Å²) in [5.74, 6) is -2.66. The lowest BCUT2D eigenvalue weighted by Crippen LogP contribution is -2.15. The van der Waals surface area contributed by atoms with Gasteiger partial charge in [-0.05, 0) is 46.6 Å². The van der Waals surface area contributed by atoms with Crippen molar-refractivity contribution in [2.24, 2.45) is 0 Å². The Kier molecular flexibility index (Phi) is 4.49. The number of amides is 1. The molecule has 21 heavy (non-hydrogen) atoms. The first-order chi connectivity index (χ1) is 9.79. The Labute approximate surface area is 133 Å². The summed E-state index contributed by atoms with van der Waals surface area (Å²) in [6.07, 6.45) is 0. The average Bonchev–Trinajstić information content (AvgIpc) is 2.40. The van der Waals surface area contributed by atoms with Crippen LogP contribution in [0.5, 0.6) is 0 Å². The number of nitrogen functional groups attached to an aromatic ring is 1. The number of carbonyl (C=O) groups excluding carboxylic acids is 1. The number of halogens is 4. The quantitative estimate of drug-likeness (QED) is 0.758. The van der Waals surface area contributed by atoms with E-state index in [0.717, 1.165) is 11.6 Å². The van der Waals surface area contributed by atoms with Crippen LogP contribution in [0.2, 0.25) is 5.02 Å². The summed E-state index contributed by atoms with van der Waals surface area (Å²) in [5.41, 5.74) is 5.88. The Morgan fingerprint density at radius 2 is 1.90 bits per heavy atom. The maximum atomic E-state index is 13.6. The van der Waals surface area contributed by atoms with Gasteiger partial charge in [0.2, 0.25) is 0 Å². The third-order valence-electron chi connectivity index (χ3n) is 2.83. The van der Waals surface area contributed by atoms with Crippen LogP contribution in [0.3, 0.4) is 0 Å². The maximum absolute atomic E-state index is 13.6. The fourth-order valence-corrected chi connectivity index (χ4v) is 2.39. The summed E-state index contributed by atoms with van der Waals surface area (Å²) >= 11 is 9.25. The monoisotopic (exact) mass is 374 g/mol. The highest BCUT2D eigenvalue weighted by Crippen LogP contribution is 2.30. The zero-order valence-electron chi connectivity index (χ0n) is 10.8. The topological polar surface area (TPSA) is 55.1 Å². The van der Waals surface area contributed by atoms with Crippen LogP contribution < -0.4 is 11.1 Å². The molecule has 0 unspecified atom stereocenters. The van der Waals surface area contributed by atoms with Crippen molar-refractivity contribution in [3.63, 3.8) is 0 Å². The molecule has 7 heteroatoms. The molecule has 0 saturated carbocycles. The molecule has 0 radical (unpaired) electrons. The SMILES string of the molecule is Cc1cc(Br)c(NC(=O)c2cc(N)c(F)cc2F)cc1Cl. The van der Waals surface area contributed by atoms with Gasteiger partial charge in [0, 0.05) is 15.6 Å². The van der Waals surface area contributed by atoms with Crippen molar-refractivity contribution in [1.29, 1.82) is 0 Å². The Morgan fingerprint density at radius 3 is 2.57 bits per heavy atom. The predicted octanol–water partition coefficient (Wildman–Crippen LogP) is 4.52. The second-order valence-corrected chi connectivity index (χ2v) is 5.65. The van der Waals surface area contributed by atoms with Gasteiger partial charge in [0.1, 0.15) is 11.6 Å². The number of nitrogens with one attached hydrogen (secondary N) is 1. The molecule has 0 atom stereocenters. The molecule has 0 aromatic heterocycles. The first-order valence-electron chi connectivity index (χ1n) is 5.81. The standard InChI is InChI=1S/C14H10BrClF2N2O/c1-6-2-8(15)13(4-9(6)16)20-14(21)7-3-12(19)11(18)5-10(7)17/h2-5H,19H2,1H3,(H,20,21). The van der Waals surface area contributed by atoms with Gasteiger partial charge >= 0.3 is 0 Å². The fourth-order valence-electron chi connectivity index (χ4n) is 1.67. The highest BCUT2D eigenvalue weighted by Gasteiger charge is 2.16. The molecule has 0 aliphatic heterocycles. The van der Waals surface area contributed by atoms with Gasteiger partial charge in [-0.2, -0.15) is 0 Å². The summed E-state index contributed by atoms with van der Waals surface area (Å²) in [5, 5.41) is 2.95. The van der Waals surface area contributed by atoms with Crippen LogP contribution in [-0.2, 0) is 0 Å². The largest absolute Gasteiger partial charge is 0.396 e. The Balaban J connectivity index is 2.35. The van der Waals surface area contributed by atoms with Gasteiger partial charge in [-0.15, -0.1) is 0 Å². The number of aryl methyl sites for hydroxylation is 1. The predicted molar refractivity (Wildman–Crippen MR) is 82.6 cm³/mol. The van der Waals surface area contributed by atoms with E-state index in [1.54, 1.807) is 13.0 Å². The third kappa shape index (κ3) is 3.33. The van der Waals surface area contributed by atoms with E-state index in [0.29, 0.717) is 21.2 Å². The number of hydrogen-bond donors (Lipinski definition) is 2. The van der Waals surface area contributed by atoms with Crippen molar-refractivity contribution in [1.82, 2.24) is 0 Å². The molecule has 2 rings (SSSR count). The minimum Gasteiger partial charge on any atom is -0.396 e. The van der Waals surface area contributed by atoms with Crippen LogP contribution in [0, 0.1) is 18.6 Å². The first-order valence-corrected chi connectivity index (χ1v) is 6.98. The van der Waals surface area contributed by atoms with Crippen molar-refractivity contribution >= 4 is 44.8 Å². The van der Waals surface area contributed by atoms with E-state index in [-0.39, 0.29) is 11.3 Å². The van der Waals surface area contributed by atoms with E-state index in [2.05, 4.69) is 21.2 Å². The van der Waals surface area contributed by atoms with E-state index in [1.165, 1.54) is 6.07 Å². The third-order valence-corrected chi connectivity index (χ3v) is 3.89. The summed E-state index contributed by atoms with van der Waals surface area (Å²) in [6, 6.07) is 4.77. The summed E-state index contributed by atoms with van der Waals surface area (Å²) < 4.78 is 27.3. The highest BCUT2D eigenvalue weighted by atomic mass is 79.9. The summed E-state index contributed by atoms with van der Waals surface area (Å²) in [6.45, 7) is 1.80. The number of nitrogens with two attached hydrogens (primary N) is 1. The Bertz CT molecular complexity index is 737. The van der Waals surface area contributed by atoms with Crippen LogP contribution in [0.25, 0.3) is 0 Å². The van der Waals surface area contributed by atoms with Gasteiger partial charge < -0.3 is 11.1 Å². The van der Waals surface area contributed by atoms with E-state index < -0.39 is 17.5 Å². The van der Waals surface area contributed by atoms with E-state index in [9.17, 15) is 13.6 Å². The van der Waals surface area contributed by atoms with Gasteiger partial charge in [0.05, 0.1) is 16.9 Å². The molecule has 0 fully saturated rings. The molecule has 0 bridgehead atoms. The second-order valence-electron chi connectivity index (χ2n) is 4.39.